The fraction of sp³-hybridized carbons (Fsp3) is 0.500. The van der Waals surface area contributed by atoms with Gasteiger partial charge in [-0.3, -0.25) is 19.8 Å². The molecule has 0 amide bonds. The van der Waals surface area contributed by atoms with Gasteiger partial charge in [-0.15, -0.1) is 12.4 Å². The highest BCUT2D eigenvalue weighted by molar-refractivity contribution is 5.85. The number of nitro groups is 1. The number of carbonyl (C=O) groups is 1. The number of hydrogen-bond acceptors (Lipinski definition) is 9. The minimum Gasteiger partial charge on any atom is -0.480 e. The molecule has 1 aliphatic heterocycles. The second-order valence-electron chi connectivity index (χ2n) is 8.08. The summed E-state index contributed by atoms with van der Waals surface area (Å²) < 4.78 is 5.50. The summed E-state index contributed by atoms with van der Waals surface area (Å²) in [5.41, 5.74) is 7.23. The van der Waals surface area contributed by atoms with Crippen LogP contribution in [-0.4, -0.2) is 57.1 Å². The van der Waals surface area contributed by atoms with Crippen LogP contribution in [0.25, 0.3) is 0 Å². The van der Waals surface area contributed by atoms with Gasteiger partial charge in [0.25, 0.3) is 0 Å². The molecule has 1 fully saturated rings. The molecule has 0 unspecified atom stereocenters. The van der Waals surface area contributed by atoms with Gasteiger partial charge in [-0.05, 0) is 43.5 Å². The van der Waals surface area contributed by atoms with E-state index in [2.05, 4.69) is 14.9 Å². The number of unbranched alkanes of at least 4 members (excludes halogenated alkanes) is 1. The van der Waals surface area contributed by atoms with Crippen LogP contribution < -0.4 is 15.4 Å². The van der Waals surface area contributed by atoms with Crippen molar-refractivity contribution in [3.8, 4) is 6.01 Å². The van der Waals surface area contributed by atoms with Gasteiger partial charge in [0, 0.05) is 13.1 Å². The number of halogens is 1. The van der Waals surface area contributed by atoms with E-state index in [0.29, 0.717) is 6.61 Å². The van der Waals surface area contributed by atoms with Crippen molar-refractivity contribution in [2.45, 2.75) is 45.7 Å². The van der Waals surface area contributed by atoms with Crippen LogP contribution in [0.3, 0.4) is 0 Å². The number of nitrogens with two attached hydrogens (primary N) is 1. The lowest BCUT2D eigenvalue weighted by molar-refractivity contribution is -0.383. The van der Waals surface area contributed by atoms with E-state index in [1.165, 1.54) is 17.7 Å². The number of ether oxygens (including phenoxy) is 1. The normalized spacial score (nSPS) is 13.3. The molecule has 11 nitrogen and oxygen atoms in total. The van der Waals surface area contributed by atoms with Gasteiger partial charge in [0.2, 0.25) is 11.6 Å². The molecule has 0 atom stereocenters. The lowest BCUT2D eigenvalue weighted by Crippen LogP contribution is -2.31. The molecule has 1 aliphatic rings. The third kappa shape index (κ3) is 7.42. The summed E-state index contributed by atoms with van der Waals surface area (Å²) in [7, 11) is 0. The Morgan fingerprint density at radius 3 is 2.65 bits per heavy atom. The number of anilines is 2. The summed E-state index contributed by atoms with van der Waals surface area (Å²) >= 11 is 0. The van der Waals surface area contributed by atoms with Gasteiger partial charge < -0.3 is 20.5 Å². The molecule has 0 spiro atoms. The van der Waals surface area contributed by atoms with Crippen molar-refractivity contribution >= 4 is 35.7 Å². The first-order valence-electron chi connectivity index (χ1n) is 11.1. The molecule has 3 N–H and O–H groups in total. The maximum Gasteiger partial charge on any atom is 0.353 e. The Morgan fingerprint density at radius 2 is 2.00 bits per heavy atom. The maximum atomic E-state index is 11.7. The zero-order valence-corrected chi connectivity index (χ0v) is 20.0. The number of aromatic nitrogens is 2. The van der Waals surface area contributed by atoms with Crippen LogP contribution in [0, 0.1) is 10.1 Å². The lowest BCUT2D eigenvalue weighted by Gasteiger charge is -2.23. The Bertz CT molecular complexity index is 986. The van der Waals surface area contributed by atoms with Gasteiger partial charge in [0.1, 0.15) is 6.54 Å². The second-order valence-corrected chi connectivity index (χ2v) is 8.08. The Labute approximate surface area is 204 Å². The van der Waals surface area contributed by atoms with E-state index in [4.69, 9.17) is 10.5 Å². The highest BCUT2D eigenvalue weighted by Gasteiger charge is 2.29. The van der Waals surface area contributed by atoms with Gasteiger partial charge in [0.05, 0.1) is 11.5 Å². The molecule has 0 saturated carbocycles. The Balaban J connectivity index is 0.00000408. The summed E-state index contributed by atoms with van der Waals surface area (Å²) in [6, 6.07) is 7.66. The number of nitrogen functional groups attached to an aromatic ring is 1. The molecule has 0 bridgehead atoms. The number of benzene rings is 1. The summed E-state index contributed by atoms with van der Waals surface area (Å²) in [5, 5.41) is 21.2. The topological polar surface area (TPSA) is 148 Å². The molecule has 1 aromatic carbocycles. The van der Waals surface area contributed by atoms with E-state index in [1.54, 1.807) is 0 Å². The Hall–Kier alpha value is -3.18. The van der Waals surface area contributed by atoms with Gasteiger partial charge >= 0.3 is 17.7 Å². The average molecular weight is 495 g/mol. The average Bonchev–Trinajstić information content (AvgIpc) is 3.26. The van der Waals surface area contributed by atoms with Crippen LogP contribution in [0.5, 0.6) is 6.01 Å². The van der Waals surface area contributed by atoms with Gasteiger partial charge in [-0.2, -0.15) is 9.97 Å². The Kier molecular flexibility index (Phi) is 10.3. The van der Waals surface area contributed by atoms with Gasteiger partial charge in [-0.1, -0.05) is 37.6 Å². The minimum atomic E-state index is -1.15. The van der Waals surface area contributed by atoms with Crippen molar-refractivity contribution in [3.05, 3.63) is 45.5 Å². The molecule has 34 heavy (non-hydrogen) atoms. The number of carboxylic acids is 1. The van der Waals surface area contributed by atoms with Gasteiger partial charge in [0.15, 0.2) is 0 Å². The zero-order chi connectivity index (χ0) is 23.8. The smallest absolute Gasteiger partial charge is 0.353 e. The zero-order valence-electron chi connectivity index (χ0n) is 19.2. The van der Waals surface area contributed by atoms with Crippen molar-refractivity contribution in [1.82, 2.24) is 14.9 Å². The van der Waals surface area contributed by atoms with Crippen molar-refractivity contribution < 1.29 is 19.6 Å². The number of aliphatic carboxylic acids is 1. The molecule has 3 rings (SSSR count). The summed E-state index contributed by atoms with van der Waals surface area (Å²) in [5.74, 6) is -1.69. The van der Waals surface area contributed by atoms with Crippen molar-refractivity contribution in [2.24, 2.45) is 0 Å². The highest BCUT2D eigenvalue weighted by Crippen LogP contribution is 2.33. The van der Waals surface area contributed by atoms with Crippen molar-refractivity contribution in [3.63, 3.8) is 0 Å². The first kappa shape index (κ1) is 27.1. The summed E-state index contributed by atoms with van der Waals surface area (Å²) in [4.78, 5) is 34.4. The van der Waals surface area contributed by atoms with Crippen LogP contribution in [0.15, 0.2) is 24.3 Å². The first-order valence-corrected chi connectivity index (χ1v) is 11.1. The summed E-state index contributed by atoms with van der Waals surface area (Å²) in [6.07, 6.45) is 4.01. The number of likely N-dealkylation sites (tertiary alicyclic amines) is 1. The van der Waals surface area contributed by atoms with E-state index in [9.17, 15) is 20.0 Å². The molecule has 0 aliphatic carbocycles. The van der Waals surface area contributed by atoms with Crippen LogP contribution in [-0.2, 0) is 17.9 Å². The molecule has 2 heterocycles. The van der Waals surface area contributed by atoms with Crippen LogP contribution in [0.4, 0.5) is 17.3 Å². The van der Waals surface area contributed by atoms with E-state index in [0.717, 1.165) is 43.6 Å². The predicted octanol–water partition coefficient (Wildman–Crippen LogP) is 3.25. The fourth-order valence-electron chi connectivity index (χ4n) is 3.82. The minimum absolute atomic E-state index is 0. The molecule has 2 aromatic rings. The predicted molar refractivity (Wildman–Crippen MR) is 130 cm³/mol. The largest absolute Gasteiger partial charge is 0.480 e. The van der Waals surface area contributed by atoms with E-state index >= 15 is 0 Å². The molecule has 0 radical (unpaired) electrons. The number of carboxylic acid groups (broad SMARTS) is 1. The molecule has 12 heteroatoms. The lowest BCUT2D eigenvalue weighted by atomic mass is 10.1. The van der Waals surface area contributed by atoms with E-state index in [1.807, 2.05) is 31.2 Å². The molecule has 1 aromatic heterocycles. The molecule has 1 saturated heterocycles. The third-order valence-corrected chi connectivity index (χ3v) is 5.38. The van der Waals surface area contributed by atoms with Crippen LogP contribution >= 0.6 is 12.4 Å². The SMILES string of the molecule is CCCCOc1nc(N)c([N+](=O)[O-])c(N(CC(=O)O)Cc2cccc(CN3CCCC3)c2)n1.Cl. The second kappa shape index (κ2) is 12.9. The van der Waals surface area contributed by atoms with Crippen molar-refractivity contribution in [2.75, 3.05) is 36.9 Å². The van der Waals surface area contributed by atoms with Gasteiger partial charge in [-0.25, -0.2) is 0 Å². The quantitative estimate of drug-likeness (QED) is 0.256. The van der Waals surface area contributed by atoms with Crippen LogP contribution in [0.1, 0.15) is 43.7 Å². The Morgan fingerprint density at radius 1 is 1.29 bits per heavy atom. The maximum absolute atomic E-state index is 11.7. The van der Waals surface area contributed by atoms with E-state index in [-0.39, 0.29) is 36.6 Å². The van der Waals surface area contributed by atoms with Crippen LogP contribution in [0.2, 0.25) is 0 Å². The fourth-order valence-corrected chi connectivity index (χ4v) is 3.82. The first-order chi connectivity index (χ1) is 15.9. The molecule has 186 valence electrons. The number of rotatable bonds is 12. The van der Waals surface area contributed by atoms with Crippen molar-refractivity contribution in [1.29, 1.82) is 0 Å². The standard InChI is InChI=1S/C22H30N6O5.ClH/c1-2-3-11-33-22-24-20(23)19(28(31)32)21(25-22)27(15-18(29)30)14-17-8-6-7-16(12-17)13-26-9-4-5-10-26;/h6-8,12H,2-5,9-11,13-15H2,1H3,(H,29,30)(H2,23,24,25);1H. The summed E-state index contributed by atoms with van der Waals surface area (Å²) in [6.45, 7) is 4.85. The molecular formula is C22H31ClN6O5. The monoisotopic (exact) mass is 494 g/mol. The molecular weight excluding hydrogens is 464 g/mol. The van der Waals surface area contributed by atoms with E-state index < -0.39 is 23.1 Å². The third-order valence-electron chi connectivity index (χ3n) is 5.38. The highest BCUT2D eigenvalue weighted by atomic mass is 35.5. The number of hydrogen-bond donors (Lipinski definition) is 2. The number of nitrogens with zero attached hydrogens (tertiary/aromatic N) is 5.